The standard InChI is InChI=1S/C14H16N4O/c1-10-7-15-18(8-10)9-11(2)16-14-17-12-5-3-4-6-13(12)19-14/h3-8,11H,9H2,1-2H3,(H,16,17). The summed E-state index contributed by atoms with van der Waals surface area (Å²) in [4.78, 5) is 4.39. The van der Waals surface area contributed by atoms with Gasteiger partial charge in [0.2, 0.25) is 0 Å². The van der Waals surface area contributed by atoms with Crippen molar-refractivity contribution in [1.82, 2.24) is 14.8 Å². The van der Waals surface area contributed by atoms with Crippen LogP contribution in [0.4, 0.5) is 6.01 Å². The van der Waals surface area contributed by atoms with Gasteiger partial charge in [-0.2, -0.15) is 10.1 Å². The normalized spacial score (nSPS) is 12.7. The van der Waals surface area contributed by atoms with Crippen molar-refractivity contribution in [2.45, 2.75) is 26.4 Å². The second kappa shape index (κ2) is 4.76. The van der Waals surface area contributed by atoms with Crippen LogP contribution in [-0.2, 0) is 6.54 Å². The van der Waals surface area contributed by atoms with E-state index in [9.17, 15) is 0 Å². The van der Waals surface area contributed by atoms with Crippen LogP contribution in [0.2, 0.25) is 0 Å². The number of benzene rings is 1. The highest BCUT2D eigenvalue weighted by molar-refractivity contribution is 5.74. The zero-order valence-electron chi connectivity index (χ0n) is 11.0. The summed E-state index contributed by atoms with van der Waals surface area (Å²) in [5, 5.41) is 7.52. The van der Waals surface area contributed by atoms with Crippen LogP contribution in [-0.4, -0.2) is 20.8 Å². The number of aryl methyl sites for hydroxylation is 1. The number of hydrogen-bond acceptors (Lipinski definition) is 4. The summed E-state index contributed by atoms with van der Waals surface area (Å²) in [6.07, 6.45) is 3.87. The third-order valence-corrected chi connectivity index (χ3v) is 2.89. The van der Waals surface area contributed by atoms with E-state index in [1.54, 1.807) is 0 Å². The Morgan fingerprint density at radius 1 is 1.37 bits per heavy atom. The predicted molar refractivity (Wildman–Crippen MR) is 74.1 cm³/mol. The van der Waals surface area contributed by atoms with Gasteiger partial charge in [-0.25, -0.2) is 0 Å². The summed E-state index contributed by atoms with van der Waals surface area (Å²) in [7, 11) is 0. The van der Waals surface area contributed by atoms with Gasteiger partial charge >= 0.3 is 0 Å². The second-order valence-corrected chi connectivity index (χ2v) is 4.77. The molecule has 0 amide bonds. The number of fused-ring (bicyclic) bond motifs is 1. The third kappa shape index (κ3) is 2.59. The maximum absolute atomic E-state index is 5.63. The van der Waals surface area contributed by atoms with Crippen molar-refractivity contribution in [3.63, 3.8) is 0 Å². The minimum absolute atomic E-state index is 0.187. The van der Waals surface area contributed by atoms with Crippen molar-refractivity contribution < 1.29 is 4.42 Å². The largest absolute Gasteiger partial charge is 0.424 e. The lowest BCUT2D eigenvalue weighted by molar-refractivity contribution is 0.535. The predicted octanol–water partition coefficient (Wildman–Crippen LogP) is 2.83. The van der Waals surface area contributed by atoms with Gasteiger partial charge in [-0.15, -0.1) is 0 Å². The number of hydrogen-bond donors (Lipinski definition) is 1. The zero-order chi connectivity index (χ0) is 13.2. The van der Waals surface area contributed by atoms with Crippen LogP contribution >= 0.6 is 0 Å². The molecule has 0 saturated heterocycles. The Morgan fingerprint density at radius 2 is 2.21 bits per heavy atom. The summed E-state index contributed by atoms with van der Waals surface area (Å²) in [5.41, 5.74) is 2.83. The van der Waals surface area contributed by atoms with Crippen LogP contribution < -0.4 is 5.32 Å². The molecule has 1 unspecified atom stereocenters. The SMILES string of the molecule is Cc1cnn(CC(C)Nc2nc3ccccc3o2)c1. The molecule has 0 saturated carbocycles. The third-order valence-electron chi connectivity index (χ3n) is 2.89. The van der Waals surface area contributed by atoms with Crippen molar-refractivity contribution in [2.75, 3.05) is 5.32 Å². The average molecular weight is 256 g/mol. The van der Waals surface area contributed by atoms with E-state index in [1.165, 1.54) is 0 Å². The fourth-order valence-electron chi connectivity index (χ4n) is 2.04. The van der Waals surface area contributed by atoms with Crippen LogP contribution in [0.25, 0.3) is 11.1 Å². The zero-order valence-corrected chi connectivity index (χ0v) is 11.0. The fourth-order valence-corrected chi connectivity index (χ4v) is 2.04. The molecule has 1 aromatic carbocycles. The van der Waals surface area contributed by atoms with Crippen molar-refractivity contribution in [3.8, 4) is 0 Å². The Bertz CT molecular complexity index is 652. The van der Waals surface area contributed by atoms with Gasteiger partial charge in [0.25, 0.3) is 6.01 Å². The quantitative estimate of drug-likeness (QED) is 0.779. The molecule has 3 aromatic rings. The van der Waals surface area contributed by atoms with Gasteiger partial charge in [-0.3, -0.25) is 4.68 Å². The molecule has 5 heteroatoms. The average Bonchev–Trinajstić information content (AvgIpc) is 2.94. The molecule has 98 valence electrons. The van der Waals surface area contributed by atoms with Crippen molar-refractivity contribution in [3.05, 3.63) is 42.2 Å². The van der Waals surface area contributed by atoms with Crippen LogP contribution in [0.3, 0.4) is 0 Å². The van der Waals surface area contributed by atoms with Gasteiger partial charge in [0.1, 0.15) is 5.52 Å². The highest BCUT2D eigenvalue weighted by Crippen LogP contribution is 2.18. The lowest BCUT2D eigenvalue weighted by Gasteiger charge is -2.11. The summed E-state index contributed by atoms with van der Waals surface area (Å²) in [6, 6.07) is 8.48. The number of nitrogens with zero attached hydrogens (tertiary/aromatic N) is 3. The van der Waals surface area contributed by atoms with Crippen LogP contribution in [0.1, 0.15) is 12.5 Å². The molecule has 2 heterocycles. The first kappa shape index (κ1) is 11.8. The van der Waals surface area contributed by atoms with Crippen molar-refractivity contribution in [1.29, 1.82) is 0 Å². The summed E-state index contributed by atoms with van der Waals surface area (Å²) in [6.45, 7) is 4.88. The first-order valence-electron chi connectivity index (χ1n) is 6.32. The number of aromatic nitrogens is 3. The van der Waals surface area contributed by atoms with E-state index in [0.717, 1.165) is 23.2 Å². The monoisotopic (exact) mass is 256 g/mol. The molecule has 0 fully saturated rings. The Balaban J connectivity index is 1.70. The number of anilines is 1. The molecule has 19 heavy (non-hydrogen) atoms. The number of rotatable bonds is 4. The highest BCUT2D eigenvalue weighted by atomic mass is 16.4. The molecule has 0 radical (unpaired) electrons. The molecule has 1 N–H and O–H groups in total. The Kier molecular flexibility index (Phi) is 2.95. The van der Waals surface area contributed by atoms with Crippen molar-refractivity contribution >= 4 is 17.1 Å². The summed E-state index contributed by atoms with van der Waals surface area (Å²) in [5.74, 6) is 0. The van der Waals surface area contributed by atoms with Gasteiger partial charge < -0.3 is 9.73 Å². The fraction of sp³-hybridized carbons (Fsp3) is 0.286. The lowest BCUT2D eigenvalue weighted by atomic mass is 10.3. The van der Waals surface area contributed by atoms with E-state index < -0.39 is 0 Å². The van der Waals surface area contributed by atoms with E-state index in [-0.39, 0.29) is 6.04 Å². The molecule has 0 aliphatic carbocycles. The maximum atomic E-state index is 5.63. The van der Waals surface area contributed by atoms with E-state index in [0.29, 0.717) is 6.01 Å². The van der Waals surface area contributed by atoms with Gasteiger partial charge in [0, 0.05) is 12.2 Å². The molecule has 3 rings (SSSR count). The van der Waals surface area contributed by atoms with Crippen LogP contribution in [0, 0.1) is 6.92 Å². The van der Waals surface area contributed by atoms with Gasteiger partial charge in [0.15, 0.2) is 5.58 Å². The number of oxazole rings is 1. The van der Waals surface area contributed by atoms with E-state index in [1.807, 2.05) is 48.3 Å². The van der Waals surface area contributed by atoms with E-state index in [4.69, 9.17) is 4.42 Å². The lowest BCUT2D eigenvalue weighted by Crippen LogP contribution is -2.22. The summed E-state index contributed by atoms with van der Waals surface area (Å²) < 4.78 is 7.54. The maximum Gasteiger partial charge on any atom is 0.295 e. The van der Waals surface area contributed by atoms with Gasteiger partial charge in [-0.1, -0.05) is 12.1 Å². The van der Waals surface area contributed by atoms with Crippen molar-refractivity contribution in [2.24, 2.45) is 0 Å². The molecule has 0 aliphatic rings. The second-order valence-electron chi connectivity index (χ2n) is 4.77. The van der Waals surface area contributed by atoms with Gasteiger partial charge in [-0.05, 0) is 31.5 Å². The first-order valence-corrected chi connectivity index (χ1v) is 6.32. The minimum atomic E-state index is 0.187. The molecule has 1 atom stereocenters. The molecule has 0 bridgehead atoms. The Labute approximate surface area is 111 Å². The smallest absolute Gasteiger partial charge is 0.295 e. The molecule has 5 nitrogen and oxygen atoms in total. The van der Waals surface area contributed by atoms with E-state index in [2.05, 4.69) is 22.3 Å². The first-order chi connectivity index (χ1) is 9.20. The minimum Gasteiger partial charge on any atom is -0.424 e. The molecular weight excluding hydrogens is 240 g/mol. The van der Waals surface area contributed by atoms with Crippen LogP contribution in [0.15, 0.2) is 41.1 Å². The Hall–Kier alpha value is -2.30. The van der Waals surface area contributed by atoms with E-state index >= 15 is 0 Å². The van der Waals surface area contributed by atoms with Crippen LogP contribution in [0.5, 0.6) is 0 Å². The topological polar surface area (TPSA) is 55.9 Å². The number of para-hydroxylation sites is 2. The number of nitrogens with one attached hydrogen (secondary N) is 1. The molecule has 0 spiro atoms. The Morgan fingerprint density at radius 3 is 2.95 bits per heavy atom. The molecule has 2 aromatic heterocycles. The highest BCUT2D eigenvalue weighted by Gasteiger charge is 2.09. The van der Waals surface area contributed by atoms with Gasteiger partial charge in [0.05, 0.1) is 12.7 Å². The summed E-state index contributed by atoms with van der Waals surface area (Å²) >= 11 is 0. The molecule has 0 aliphatic heterocycles. The molecular formula is C14H16N4O.